The molecule has 0 aliphatic carbocycles. The number of benzene rings is 1. The monoisotopic (exact) mass is 335 g/mol. The van der Waals surface area contributed by atoms with Gasteiger partial charge in [0.1, 0.15) is 0 Å². The lowest BCUT2D eigenvalue weighted by molar-refractivity contribution is -0.121. The minimum atomic E-state index is -0.105. The van der Waals surface area contributed by atoms with E-state index in [1.165, 1.54) is 0 Å². The summed E-state index contributed by atoms with van der Waals surface area (Å²) in [6.07, 6.45) is 3.44. The van der Waals surface area contributed by atoms with Crippen molar-refractivity contribution in [3.05, 3.63) is 29.8 Å². The maximum atomic E-state index is 11.9. The molecule has 1 aromatic rings. The van der Waals surface area contributed by atoms with Crippen molar-refractivity contribution in [2.45, 2.75) is 45.1 Å². The average molecular weight is 335 g/mol. The van der Waals surface area contributed by atoms with Crippen LogP contribution in [0.2, 0.25) is 0 Å². The SMILES string of the molecule is CCCCC(=O)NCCCC(=O)Nc1ccc(C(CO)NC)cc1. The quantitative estimate of drug-likeness (QED) is 0.465. The molecule has 0 saturated carbocycles. The lowest BCUT2D eigenvalue weighted by atomic mass is 10.1. The van der Waals surface area contributed by atoms with Gasteiger partial charge in [-0.1, -0.05) is 25.5 Å². The zero-order valence-electron chi connectivity index (χ0n) is 14.6. The van der Waals surface area contributed by atoms with Crippen molar-refractivity contribution in [3.8, 4) is 0 Å². The Morgan fingerprint density at radius 1 is 1.08 bits per heavy atom. The van der Waals surface area contributed by atoms with E-state index in [1.807, 2.05) is 31.2 Å². The molecule has 0 aromatic heterocycles. The minimum Gasteiger partial charge on any atom is -0.394 e. The molecule has 134 valence electrons. The fraction of sp³-hybridized carbons (Fsp3) is 0.556. The lowest BCUT2D eigenvalue weighted by Crippen LogP contribution is -2.25. The van der Waals surface area contributed by atoms with Crippen LogP contribution in [-0.4, -0.2) is 37.1 Å². The summed E-state index contributed by atoms with van der Waals surface area (Å²) in [5, 5.41) is 17.9. The highest BCUT2D eigenvalue weighted by atomic mass is 16.3. The maximum Gasteiger partial charge on any atom is 0.224 e. The van der Waals surface area contributed by atoms with Gasteiger partial charge in [0.15, 0.2) is 0 Å². The standard InChI is InChI=1S/C18H29N3O3/c1-3-4-6-17(23)20-12-5-7-18(24)21-15-10-8-14(9-11-15)16(13-22)19-2/h8-11,16,19,22H,3-7,12-13H2,1-2H3,(H,20,23)(H,21,24). The van der Waals surface area contributed by atoms with E-state index >= 15 is 0 Å². The van der Waals surface area contributed by atoms with E-state index in [4.69, 9.17) is 0 Å². The molecule has 6 nitrogen and oxygen atoms in total. The van der Waals surface area contributed by atoms with Gasteiger partial charge in [-0.2, -0.15) is 0 Å². The molecule has 0 aliphatic rings. The number of hydrogen-bond acceptors (Lipinski definition) is 4. The van der Waals surface area contributed by atoms with Gasteiger partial charge in [0.2, 0.25) is 11.8 Å². The maximum absolute atomic E-state index is 11.9. The number of carbonyl (C=O) groups is 2. The van der Waals surface area contributed by atoms with Crippen molar-refractivity contribution in [2.75, 3.05) is 25.5 Å². The van der Waals surface area contributed by atoms with Crippen LogP contribution >= 0.6 is 0 Å². The van der Waals surface area contributed by atoms with Gasteiger partial charge in [-0.15, -0.1) is 0 Å². The molecule has 4 N–H and O–H groups in total. The van der Waals surface area contributed by atoms with Crippen LogP contribution in [0.25, 0.3) is 0 Å². The first kappa shape index (κ1) is 20.1. The topological polar surface area (TPSA) is 90.5 Å². The minimum absolute atomic E-state index is 0.0200. The molecule has 1 rings (SSSR count). The Morgan fingerprint density at radius 2 is 1.75 bits per heavy atom. The van der Waals surface area contributed by atoms with Gasteiger partial charge in [-0.25, -0.2) is 0 Å². The molecule has 0 fully saturated rings. The van der Waals surface area contributed by atoms with Gasteiger partial charge in [0.05, 0.1) is 12.6 Å². The Kier molecular flexibility index (Phi) is 9.72. The zero-order chi connectivity index (χ0) is 17.8. The molecule has 1 unspecified atom stereocenters. The fourth-order valence-electron chi connectivity index (χ4n) is 2.29. The smallest absolute Gasteiger partial charge is 0.224 e. The molecule has 0 saturated heterocycles. The normalized spacial score (nSPS) is 11.8. The Hall–Kier alpha value is -1.92. The van der Waals surface area contributed by atoms with E-state index in [0.29, 0.717) is 25.8 Å². The second kappa shape index (κ2) is 11.6. The number of hydrogen-bond donors (Lipinski definition) is 4. The van der Waals surface area contributed by atoms with Crippen molar-refractivity contribution in [2.24, 2.45) is 0 Å². The number of aliphatic hydroxyl groups excluding tert-OH is 1. The molecule has 0 spiro atoms. The van der Waals surface area contributed by atoms with Crippen LogP contribution in [0.3, 0.4) is 0 Å². The Bertz CT molecular complexity index is 499. The lowest BCUT2D eigenvalue weighted by Gasteiger charge is -2.14. The Morgan fingerprint density at radius 3 is 2.33 bits per heavy atom. The summed E-state index contributed by atoms with van der Waals surface area (Å²) < 4.78 is 0. The summed E-state index contributed by atoms with van der Waals surface area (Å²) in [5.41, 5.74) is 1.69. The number of likely N-dealkylation sites (N-methyl/N-ethyl adjacent to an activating group) is 1. The predicted molar refractivity (Wildman–Crippen MR) is 95.7 cm³/mol. The number of carbonyl (C=O) groups excluding carboxylic acids is 2. The van der Waals surface area contributed by atoms with Crippen LogP contribution in [0.1, 0.15) is 50.6 Å². The highest BCUT2D eigenvalue weighted by molar-refractivity contribution is 5.90. The molecule has 1 atom stereocenters. The highest BCUT2D eigenvalue weighted by Gasteiger charge is 2.08. The van der Waals surface area contributed by atoms with Crippen LogP contribution in [-0.2, 0) is 9.59 Å². The molecule has 0 aliphatic heterocycles. The number of rotatable bonds is 11. The number of unbranched alkanes of at least 4 members (excludes halogenated alkanes) is 1. The molecule has 2 amide bonds. The van der Waals surface area contributed by atoms with Gasteiger partial charge >= 0.3 is 0 Å². The molecule has 1 aromatic carbocycles. The first-order valence-corrected chi connectivity index (χ1v) is 8.55. The molecule has 0 radical (unpaired) electrons. The van der Waals surface area contributed by atoms with Crippen molar-refractivity contribution in [3.63, 3.8) is 0 Å². The third-order valence-electron chi connectivity index (χ3n) is 3.79. The second-order valence-corrected chi connectivity index (χ2v) is 5.75. The molecule has 24 heavy (non-hydrogen) atoms. The molecular formula is C18H29N3O3. The van der Waals surface area contributed by atoms with Gasteiger partial charge < -0.3 is 21.1 Å². The summed E-state index contributed by atoms with van der Waals surface area (Å²) in [7, 11) is 1.79. The third-order valence-corrected chi connectivity index (χ3v) is 3.79. The summed E-state index contributed by atoms with van der Waals surface area (Å²) in [4.78, 5) is 23.3. The van der Waals surface area contributed by atoms with Gasteiger partial charge in [0, 0.05) is 25.1 Å². The Balaban J connectivity index is 2.29. The van der Waals surface area contributed by atoms with E-state index in [1.54, 1.807) is 7.05 Å². The molecular weight excluding hydrogens is 306 g/mol. The van der Waals surface area contributed by atoms with E-state index < -0.39 is 0 Å². The summed E-state index contributed by atoms with van der Waals surface area (Å²) in [5.74, 6) is -0.0197. The van der Waals surface area contributed by atoms with Gasteiger partial charge in [-0.3, -0.25) is 9.59 Å². The number of nitrogens with one attached hydrogen (secondary N) is 3. The first-order chi connectivity index (χ1) is 11.6. The zero-order valence-corrected chi connectivity index (χ0v) is 14.6. The summed E-state index contributed by atoms with van der Waals surface area (Å²) in [6.45, 7) is 2.59. The van der Waals surface area contributed by atoms with Crippen molar-refractivity contribution in [1.82, 2.24) is 10.6 Å². The number of anilines is 1. The molecule has 0 bridgehead atoms. The van der Waals surface area contributed by atoms with E-state index in [0.717, 1.165) is 24.1 Å². The number of amides is 2. The Labute approximate surface area is 144 Å². The van der Waals surface area contributed by atoms with Crippen molar-refractivity contribution >= 4 is 17.5 Å². The summed E-state index contributed by atoms with van der Waals surface area (Å²) >= 11 is 0. The van der Waals surface area contributed by atoms with Crippen LogP contribution in [0, 0.1) is 0 Å². The largest absolute Gasteiger partial charge is 0.394 e. The average Bonchev–Trinajstić information content (AvgIpc) is 2.59. The summed E-state index contributed by atoms with van der Waals surface area (Å²) in [6, 6.07) is 7.28. The number of aliphatic hydroxyl groups is 1. The predicted octanol–water partition coefficient (Wildman–Crippen LogP) is 1.96. The first-order valence-electron chi connectivity index (χ1n) is 8.55. The molecule has 6 heteroatoms. The van der Waals surface area contributed by atoms with Crippen LogP contribution in [0.15, 0.2) is 24.3 Å². The second-order valence-electron chi connectivity index (χ2n) is 5.75. The highest BCUT2D eigenvalue weighted by Crippen LogP contribution is 2.16. The van der Waals surface area contributed by atoms with Gasteiger partial charge in [-0.05, 0) is 37.6 Å². The van der Waals surface area contributed by atoms with Crippen LogP contribution in [0.4, 0.5) is 5.69 Å². The third kappa shape index (κ3) is 7.57. The van der Waals surface area contributed by atoms with Crippen molar-refractivity contribution < 1.29 is 14.7 Å². The molecule has 0 heterocycles. The van der Waals surface area contributed by atoms with Crippen LogP contribution < -0.4 is 16.0 Å². The van der Waals surface area contributed by atoms with E-state index in [2.05, 4.69) is 16.0 Å². The van der Waals surface area contributed by atoms with E-state index in [-0.39, 0.29) is 24.5 Å². The fourth-order valence-corrected chi connectivity index (χ4v) is 2.29. The van der Waals surface area contributed by atoms with Gasteiger partial charge in [0.25, 0.3) is 0 Å². The van der Waals surface area contributed by atoms with Crippen LogP contribution in [0.5, 0.6) is 0 Å². The van der Waals surface area contributed by atoms with Crippen molar-refractivity contribution in [1.29, 1.82) is 0 Å². The van der Waals surface area contributed by atoms with E-state index in [9.17, 15) is 14.7 Å².